The molecule has 21 heteroatoms. The van der Waals surface area contributed by atoms with Crippen molar-refractivity contribution in [1.29, 1.82) is 0 Å². The quantitative estimate of drug-likeness (QED) is 0.208. The number of rotatable bonds is 11. The van der Waals surface area contributed by atoms with Crippen molar-refractivity contribution in [2.75, 3.05) is 27.2 Å². The third-order valence-corrected chi connectivity index (χ3v) is 12.8. The SMILES string of the molecule is CCC1(C)NC(=O)[C@H](Cc2cc(Cl)ccc2Cl)N(C)C(=O)[C@H](CC(C)C)NC(=O)[C@@H](N(C)C(=O)[C@@H](NC(=O)[C@@H]2C[C@@H](F)CN2C(=O)[C@@](C)(O)C(F)(F)F)C2CC2)CCCCNC1=O. The molecule has 1 aromatic rings. The third-order valence-electron chi connectivity index (χ3n) is 12.2. The maximum absolute atomic E-state index is 14.7. The Hall–Kier alpha value is -4.23. The van der Waals surface area contributed by atoms with E-state index in [0.29, 0.717) is 34.7 Å². The van der Waals surface area contributed by atoms with Crippen LogP contribution in [0, 0.1) is 11.8 Å². The van der Waals surface area contributed by atoms with Crippen molar-refractivity contribution in [3.8, 4) is 0 Å². The first-order valence-corrected chi connectivity index (χ1v) is 21.9. The van der Waals surface area contributed by atoms with Gasteiger partial charge in [-0.3, -0.25) is 33.6 Å². The number of hydrogen-bond donors (Lipinski definition) is 5. The molecule has 0 radical (unpaired) electrons. The fourth-order valence-electron chi connectivity index (χ4n) is 7.79. The van der Waals surface area contributed by atoms with Crippen LogP contribution in [-0.2, 0) is 40.0 Å². The highest BCUT2D eigenvalue weighted by Gasteiger charge is 2.59. The number of alkyl halides is 4. The highest BCUT2D eigenvalue weighted by Crippen LogP contribution is 2.36. The summed E-state index contributed by atoms with van der Waals surface area (Å²) in [4.78, 5) is 100. The average Bonchev–Trinajstić information content (AvgIpc) is 3.98. The number of halogens is 6. The minimum Gasteiger partial charge on any atom is -0.373 e. The number of carbonyl (C=O) groups is 7. The van der Waals surface area contributed by atoms with Gasteiger partial charge >= 0.3 is 6.18 Å². The van der Waals surface area contributed by atoms with Gasteiger partial charge in [0.25, 0.3) is 5.91 Å². The van der Waals surface area contributed by atoms with E-state index >= 15 is 0 Å². The van der Waals surface area contributed by atoms with E-state index in [0.717, 1.165) is 4.90 Å². The standard InChI is InChI=1S/C42H59Cl2F4N7O8/c1-8-40(4)38(61)49-16-10-9-11-29(33(56)50-28(17-22(2)3)36(59)54(7)30(35(58)52-40)19-24-18-25(43)14-15-27(24)44)53(6)37(60)32(23-12-13-23)51-34(57)31-20-26(45)21-55(31)39(62)41(5,63)42(46,47)48/h14-15,18,22-23,26,28-32,63H,8-13,16-17,19-21H2,1-7H3,(H,49,61)(H,50,56)(H,51,57)(H,52,58)/t26-,28+,29+,30+,31+,32+,40?,41-/m1/s1. The van der Waals surface area contributed by atoms with Gasteiger partial charge in [-0.05, 0) is 94.4 Å². The Kier molecular flexibility index (Phi) is 16.9. The lowest BCUT2D eigenvalue weighted by Crippen LogP contribution is -2.63. The number of nitrogens with zero attached hydrogens (tertiary/aromatic N) is 3. The van der Waals surface area contributed by atoms with E-state index in [4.69, 9.17) is 23.2 Å². The van der Waals surface area contributed by atoms with Crippen LogP contribution in [-0.4, -0.2) is 142 Å². The summed E-state index contributed by atoms with van der Waals surface area (Å²) in [5.41, 5.74) is -4.88. The van der Waals surface area contributed by atoms with E-state index in [9.17, 15) is 56.2 Å². The number of carbonyl (C=O) groups excluding carboxylic acids is 7. The normalized spacial score (nSPS) is 27.3. The Morgan fingerprint density at radius 2 is 1.71 bits per heavy atom. The van der Waals surface area contributed by atoms with Crippen LogP contribution < -0.4 is 21.3 Å². The van der Waals surface area contributed by atoms with Crippen molar-refractivity contribution in [3.05, 3.63) is 33.8 Å². The van der Waals surface area contributed by atoms with Crippen LogP contribution in [0.25, 0.3) is 0 Å². The lowest BCUT2D eigenvalue weighted by Gasteiger charge is -2.36. The molecule has 2 saturated heterocycles. The molecule has 8 atom stereocenters. The first-order chi connectivity index (χ1) is 29.2. The molecule has 0 bridgehead atoms. The Balaban J connectivity index is 1.67. The van der Waals surface area contributed by atoms with Crippen molar-refractivity contribution in [2.45, 2.75) is 146 Å². The molecule has 1 aliphatic carbocycles. The van der Waals surface area contributed by atoms with Gasteiger partial charge in [-0.1, -0.05) is 44.0 Å². The van der Waals surface area contributed by atoms with E-state index < -0.39 is 114 Å². The first kappa shape index (κ1) is 51.4. The van der Waals surface area contributed by atoms with Gasteiger partial charge in [0.2, 0.25) is 41.0 Å². The number of amides is 7. The van der Waals surface area contributed by atoms with Crippen LogP contribution in [0.15, 0.2) is 18.2 Å². The zero-order valence-electron chi connectivity index (χ0n) is 36.5. The molecule has 5 N–H and O–H groups in total. The second kappa shape index (κ2) is 20.7. The van der Waals surface area contributed by atoms with Crippen LogP contribution in [0.1, 0.15) is 91.5 Å². The highest BCUT2D eigenvalue weighted by molar-refractivity contribution is 6.33. The predicted molar refractivity (Wildman–Crippen MR) is 225 cm³/mol. The summed E-state index contributed by atoms with van der Waals surface area (Å²) in [5.74, 6) is -6.99. The summed E-state index contributed by atoms with van der Waals surface area (Å²) in [7, 11) is 2.71. The number of hydrogen-bond acceptors (Lipinski definition) is 8. The molecular weight excluding hydrogens is 877 g/mol. The minimum atomic E-state index is -5.43. The molecule has 352 valence electrons. The molecule has 2 aliphatic heterocycles. The predicted octanol–water partition coefficient (Wildman–Crippen LogP) is 3.45. The molecular formula is C42H59Cl2F4N7O8. The van der Waals surface area contributed by atoms with Gasteiger partial charge in [0, 0.05) is 43.5 Å². The largest absolute Gasteiger partial charge is 0.426 e. The molecule has 7 amide bonds. The summed E-state index contributed by atoms with van der Waals surface area (Å²) in [5, 5.41) is 21.6. The second-order valence-electron chi connectivity index (χ2n) is 17.7. The zero-order chi connectivity index (χ0) is 47.4. The van der Waals surface area contributed by atoms with Crippen LogP contribution in [0.5, 0.6) is 0 Å². The van der Waals surface area contributed by atoms with Gasteiger partial charge in [0.05, 0.1) is 6.54 Å². The lowest BCUT2D eigenvalue weighted by molar-refractivity contribution is -0.250. The molecule has 1 saturated carbocycles. The van der Waals surface area contributed by atoms with Gasteiger partial charge in [0.1, 0.15) is 41.9 Å². The van der Waals surface area contributed by atoms with Crippen LogP contribution in [0.4, 0.5) is 17.6 Å². The topological polar surface area (TPSA) is 198 Å². The van der Waals surface area contributed by atoms with E-state index in [1.54, 1.807) is 32.0 Å². The smallest absolute Gasteiger partial charge is 0.373 e. The molecule has 2 heterocycles. The molecule has 1 aromatic carbocycles. The van der Waals surface area contributed by atoms with Crippen molar-refractivity contribution < 1.29 is 56.2 Å². The molecule has 1 unspecified atom stereocenters. The number of benzene rings is 1. The zero-order valence-corrected chi connectivity index (χ0v) is 38.1. The summed E-state index contributed by atoms with van der Waals surface area (Å²) in [6.07, 6.45) is -6.33. The van der Waals surface area contributed by atoms with Crippen LogP contribution in [0.2, 0.25) is 10.0 Å². The number of likely N-dealkylation sites (N-methyl/N-ethyl adjacent to an activating group) is 2. The average molecular weight is 937 g/mol. The molecule has 0 aromatic heterocycles. The Morgan fingerprint density at radius 1 is 1.06 bits per heavy atom. The highest BCUT2D eigenvalue weighted by atomic mass is 35.5. The Labute approximate surface area is 374 Å². The van der Waals surface area contributed by atoms with Crippen molar-refractivity contribution >= 4 is 64.6 Å². The molecule has 3 aliphatic rings. The minimum absolute atomic E-state index is 0.0202. The second-order valence-corrected chi connectivity index (χ2v) is 18.5. The lowest BCUT2D eigenvalue weighted by atomic mass is 9.94. The van der Waals surface area contributed by atoms with Crippen LogP contribution >= 0.6 is 23.2 Å². The maximum atomic E-state index is 14.7. The first-order valence-electron chi connectivity index (χ1n) is 21.2. The van der Waals surface area contributed by atoms with Crippen LogP contribution in [0.3, 0.4) is 0 Å². The maximum Gasteiger partial charge on any atom is 0.426 e. The summed E-state index contributed by atoms with van der Waals surface area (Å²) in [6, 6.07) is -2.19. The van der Waals surface area contributed by atoms with Gasteiger partial charge < -0.3 is 41.1 Å². The fraction of sp³-hybridized carbons (Fsp3) is 0.690. The van der Waals surface area contributed by atoms with Gasteiger partial charge in [-0.15, -0.1) is 0 Å². The van der Waals surface area contributed by atoms with E-state index in [1.165, 1.54) is 19.0 Å². The third kappa shape index (κ3) is 12.3. The summed E-state index contributed by atoms with van der Waals surface area (Å²) >= 11 is 12.8. The molecule has 63 heavy (non-hydrogen) atoms. The Morgan fingerprint density at radius 3 is 2.30 bits per heavy atom. The van der Waals surface area contributed by atoms with Gasteiger partial charge in [-0.25, -0.2) is 4.39 Å². The molecule has 4 rings (SSSR count). The summed E-state index contributed by atoms with van der Waals surface area (Å²) in [6.45, 7) is 6.37. The number of aliphatic hydroxyl groups is 1. The molecule has 15 nitrogen and oxygen atoms in total. The van der Waals surface area contributed by atoms with E-state index in [1.807, 2.05) is 13.8 Å². The fourth-order valence-corrected chi connectivity index (χ4v) is 8.18. The van der Waals surface area contributed by atoms with E-state index in [2.05, 4.69) is 21.3 Å². The molecule has 3 fully saturated rings. The number of likely N-dealkylation sites (tertiary alicyclic amines) is 1. The van der Waals surface area contributed by atoms with Gasteiger partial charge in [0.15, 0.2) is 0 Å². The summed E-state index contributed by atoms with van der Waals surface area (Å²) < 4.78 is 55.5. The van der Waals surface area contributed by atoms with E-state index in [-0.39, 0.29) is 56.5 Å². The van der Waals surface area contributed by atoms with Crippen molar-refractivity contribution in [1.82, 2.24) is 36.0 Å². The monoisotopic (exact) mass is 935 g/mol. The molecule has 0 spiro atoms. The van der Waals surface area contributed by atoms with Crippen molar-refractivity contribution in [3.63, 3.8) is 0 Å². The number of nitrogens with one attached hydrogen (secondary N) is 4. The Bertz CT molecular complexity index is 1900. The van der Waals surface area contributed by atoms with Crippen molar-refractivity contribution in [2.24, 2.45) is 11.8 Å². The van der Waals surface area contributed by atoms with Gasteiger partial charge in [-0.2, -0.15) is 13.2 Å².